The molecule has 1 unspecified atom stereocenters. The van der Waals surface area contributed by atoms with Crippen molar-refractivity contribution in [2.45, 2.75) is 24.5 Å². The molecule has 0 radical (unpaired) electrons. The minimum absolute atomic E-state index is 0.195. The van der Waals surface area contributed by atoms with Gasteiger partial charge in [-0.2, -0.15) is 0 Å². The van der Waals surface area contributed by atoms with Gasteiger partial charge in [0, 0.05) is 11.8 Å². The van der Waals surface area contributed by atoms with E-state index in [4.69, 9.17) is 23.2 Å². The number of hydrogen-bond donors (Lipinski definition) is 1. The van der Waals surface area contributed by atoms with Crippen molar-refractivity contribution in [3.8, 4) is 0 Å². The maximum atomic E-state index is 10.4. The van der Waals surface area contributed by atoms with Crippen LogP contribution in [-0.2, 0) is 10.7 Å². The van der Waals surface area contributed by atoms with Gasteiger partial charge in [0.25, 0.3) is 0 Å². The van der Waals surface area contributed by atoms with E-state index in [1.165, 1.54) is 0 Å². The average molecular weight is 219 g/mol. The Hall–Kier alpha value is 0.530. The second kappa shape index (κ2) is 7.19. The van der Waals surface area contributed by atoms with E-state index >= 15 is 0 Å². The van der Waals surface area contributed by atoms with Gasteiger partial charge in [0.05, 0.1) is 5.25 Å². The SMILES string of the molecule is O=[SH](=O)C(CCl)CCCCCl. The second-order valence-corrected chi connectivity index (χ2v) is 4.27. The molecule has 0 fully saturated rings. The molecule has 11 heavy (non-hydrogen) atoms. The Morgan fingerprint density at radius 1 is 1.18 bits per heavy atom. The molecule has 1 atom stereocenters. The Morgan fingerprint density at radius 2 is 1.82 bits per heavy atom. The van der Waals surface area contributed by atoms with Crippen molar-refractivity contribution < 1.29 is 8.42 Å². The van der Waals surface area contributed by atoms with E-state index < -0.39 is 10.7 Å². The predicted molar refractivity (Wildman–Crippen MR) is 49.4 cm³/mol. The fraction of sp³-hybridized carbons (Fsp3) is 1.00. The predicted octanol–water partition coefficient (Wildman–Crippen LogP) is 1.61. The maximum Gasteiger partial charge on any atom is 0.144 e. The van der Waals surface area contributed by atoms with Gasteiger partial charge >= 0.3 is 0 Å². The van der Waals surface area contributed by atoms with E-state index in [9.17, 15) is 8.42 Å². The minimum atomic E-state index is -2.36. The van der Waals surface area contributed by atoms with Crippen LogP contribution >= 0.6 is 23.2 Å². The van der Waals surface area contributed by atoms with Crippen LogP contribution in [0.1, 0.15) is 19.3 Å². The third-order valence-corrected chi connectivity index (χ3v) is 3.29. The maximum absolute atomic E-state index is 10.4. The van der Waals surface area contributed by atoms with Gasteiger partial charge in [-0.25, -0.2) is 8.42 Å². The van der Waals surface area contributed by atoms with Gasteiger partial charge in [-0.1, -0.05) is 6.42 Å². The van der Waals surface area contributed by atoms with Crippen LogP contribution in [0.25, 0.3) is 0 Å². The molecule has 0 bridgehead atoms. The number of hydrogen-bond acceptors (Lipinski definition) is 2. The number of rotatable bonds is 6. The van der Waals surface area contributed by atoms with Gasteiger partial charge in [0.15, 0.2) is 0 Å². The second-order valence-electron chi connectivity index (χ2n) is 2.28. The van der Waals surface area contributed by atoms with Gasteiger partial charge in [-0.3, -0.25) is 0 Å². The number of thiol groups is 1. The molecule has 0 N–H and O–H groups in total. The molecular weight excluding hydrogens is 207 g/mol. The van der Waals surface area contributed by atoms with E-state index in [0.717, 1.165) is 12.8 Å². The summed E-state index contributed by atoms with van der Waals surface area (Å²) in [6.45, 7) is 0. The zero-order valence-electron chi connectivity index (χ0n) is 6.13. The molecule has 0 aromatic rings. The van der Waals surface area contributed by atoms with Gasteiger partial charge in [0.1, 0.15) is 10.7 Å². The van der Waals surface area contributed by atoms with Gasteiger partial charge in [-0.05, 0) is 12.8 Å². The van der Waals surface area contributed by atoms with E-state index in [1.54, 1.807) is 0 Å². The monoisotopic (exact) mass is 218 g/mol. The standard InChI is InChI=1S/C6H12Cl2O2S/c7-4-2-1-3-6(5-8)11(9)10/h6,11H,1-5H2. The molecule has 0 aromatic heterocycles. The molecule has 68 valence electrons. The smallest absolute Gasteiger partial charge is 0.144 e. The molecule has 0 aliphatic carbocycles. The van der Waals surface area contributed by atoms with E-state index in [1.807, 2.05) is 0 Å². The number of alkyl halides is 2. The summed E-state index contributed by atoms with van der Waals surface area (Å²) >= 11 is 10.8. The Labute approximate surface area is 78.8 Å². The van der Waals surface area contributed by atoms with Crippen LogP contribution in [0.3, 0.4) is 0 Å². The van der Waals surface area contributed by atoms with Crippen LogP contribution in [0.2, 0.25) is 0 Å². The van der Waals surface area contributed by atoms with Gasteiger partial charge in [-0.15, -0.1) is 23.2 Å². The van der Waals surface area contributed by atoms with E-state index in [-0.39, 0.29) is 11.1 Å². The fourth-order valence-corrected chi connectivity index (χ4v) is 1.90. The summed E-state index contributed by atoms with van der Waals surface area (Å²) in [6.07, 6.45) is 2.33. The van der Waals surface area contributed by atoms with Gasteiger partial charge in [0.2, 0.25) is 0 Å². The first-order valence-electron chi connectivity index (χ1n) is 3.47. The molecule has 0 saturated heterocycles. The molecule has 0 heterocycles. The lowest BCUT2D eigenvalue weighted by molar-refractivity contribution is 0.592. The molecule has 0 rings (SSSR count). The van der Waals surface area contributed by atoms with Crippen LogP contribution in [0.4, 0.5) is 0 Å². The Balaban J connectivity index is 3.53. The number of unbranched alkanes of at least 4 members (excludes halogenated alkanes) is 1. The highest BCUT2D eigenvalue weighted by molar-refractivity contribution is 7.73. The molecule has 5 heteroatoms. The first-order valence-corrected chi connectivity index (χ1v) is 5.79. The van der Waals surface area contributed by atoms with Crippen molar-refractivity contribution >= 4 is 33.9 Å². The molecule has 0 aromatic carbocycles. The Morgan fingerprint density at radius 3 is 2.18 bits per heavy atom. The summed E-state index contributed by atoms with van der Waals surface area (Å²) in [5.41, 5.74) is 0. The molecule has 0 amide bonds. The molecule has 0 saturated carbocycles. The summed E-state index contributed by atoms with van der Waals surface area (Å²) in [5.74, 6) is 0.783. The van der Waals surface area contributed by atoms with Crippen molar-refractivity contribution in [1.82, 2.24) is 0 Å². The van der Waals surface area contributed by atoms with Crippen LogP contribution in [0.5, 0.6) is 0 Å². The lowest BCUT2D eigenvalue weighted by Gasteiger charge is -2.03. The summed E-state index contributed by atoms with van der Waals surface area (Å²) in [5, 5.41) is -0.366. The number of halogens is 2. The summed E-state index contributed by atoms with van der Waals surface area (Å²) in [4.78, 5) is 0. The zero-order valence-corrected chi connectivity index (χ0v) is 8.54. The molecule has 2 nitrogen and oxygen atoms in total. The van der Waals surface area contributed by atoms with Crippen LogP contribution in [-0.4, -0.2) is 25.4 Å². The van der Waals surface area contributed by atoms with Crippen molar-refractivity contribution in [2.75, 3.05) is 11.8 Å². The molecule has 0 aliphatic heterocycles. The summed E-state index contributed by atoms with van der Waals surface area (Å²) < 4.78 is 20.9. The normalized spacial score (nSPS) is 13.7. The zero-order chi connectivity index (χ0) is 8.69. The average Bonchev–Trinajstić information content (AvgIpc) is 1.97. The highest BCUT2D eigenvalue weighted by atomic mass is 35.5. The van der Waals surface area contributed by atoms with Crippen molar-refractivity contribution in [3.63, 3.8) is 0 Å². The Bertz CT molecular complexity index is 151. The van der Waals surface area contributed by atoms with Crippen molar-refractivity contribution in [1.29, 1.82) is 0 Å². The highest BCUT2D eigenvalue weighted by Gasteiger charge is 2.08. The van der Waals surface area contributed by atoms with Gasteiger partial charge < -0.3 is 0 Å². The Kier molecular flexibility index (Phi) is 7.54. The summed E-state index contributed by atoms with van der Waals surface area (Å²) in [7, 11) is -2.36. The first-order chi connectivity index (χ1) is 5.22. The minimum Gasteiger partial charge on any atom is -0.232 e. The lowest BCUT2D eigenvalue weighted by atomic mass is 10.2. The van der Waals surface area contributed by atoms with Crippen LogP contribution in [0.15, 0.2) is 0 Å². The largest absolute Gasteiger partial charge is 0.232 e. The lowest BCUT2D eigenvalue weighted by Crippen LogP contribution is -2.11. The van der Waals surface area contributed by atoms with Crippen molar-refractivity contribution in [2.24, 2.45) is 0 Å². The molecule has 0 aliphatic rings. The summed E-state index contributed by atoms with van der Waals surface area (Å²) in [6, 6.07) is 0. The third kappa shape index (κ3) is 5.76. The molecular formula is C6H12Cl2O2S. The molecule has 0 spiro atoms. The van der Waals surface area contributed by atoms with E-state index in [2.05, 4.69) is 0 Å². The topological polar surface area (TPSA) is 34.1 Å². The van der Waals surface area contributed by atoms with Crippen LogP contribution in [0, 0.1) is 0 Å². The fourth-order valence-electron chi connectivity index (χ4n) is 0.713. The van der Waals surface area contributed by atoms with Crippen LogP contribution < -0.4 is 0 Å². The first kappa shape index (κ1) is 11.5. The van der Waals surface area contributed by atoms with Crippen molar-refractivity contribution in [3.05, 3.63) is 0 Å². The quantitative estimate of drug-likeness (QED) is 0.418. The third-order valence-electron chi connectivity index (χ3n) is 1.40. The highest BCUT2D eigenvalue weighted by Crippen LogP contribution is 2.06. The van der Waals surface area contributed by atoms with E-state index in [0.29, 0.717) is 12.3 Å².